The van der Waals surface area contributed by atoms with Gasteiger partial charge in [0.2, 0.25) is 5.91 Å². The van der Waals surface area contributed by atoms with Crippen LogP contribution < -0.4 is 5.32 Å². The lowest BCUT2D eigenvalue weighted by Gasteiger charge is -2.13. The van der Waals surface area contributed by atoms with Gasteiger partial charge in [-0.3, -0.25) is 4.79 Å². The monoisotopic (exact) mass is 215 g/mol. The Morgan fingerprint density at radius 3 is 2.87 bits per heavy atom. The minimum Gasteiger partial charge on any atom is -0.467 e. The van der Waals surface area contributed by atoms with Crippen molar-refractivity contribution in [2.24, 2.45) is 0 Å². The average molecular weight is 215 g/mol. The smallest absolute Gasteiger partial charge is 0.328 e. The van der Waals surface area contributed by atoms with Crippen LogP contribution in [0.3, 0.4) is 0 Å². The predicted molar refractivity (Wildman–Crippen MR) is 53.2 cm³/mol. The Bertz CT molecular complexity index is 236. The standard InChI is InChI=1S/C10H17NO4/c1-7(10(13)14-2)11-9(12)6-8-4-3-5-15-8/h7-8H,3-6H2,1-2H3,(H,11,12). The number of carbonyl (C=O) groups is 2. The quantitative estimate of drug-likeness (QED) is 0.682. The van der Waals surface area contributed by atoms with Gasteiger partial charge in [0.05, 0.1) is 19.6 Å². The second-order valence-electron chi connectivity index (χ2n) is 3.65. The summed E-state index contributed by atoms with van der Waals surface area (Å²) in [5.74, 6) is -0.601. The highest BCUT2D eigenvalue weighted by Gasteiger charge is 2.21. The van der Waals surface area contributed by atoms with Crippen LogP contribution in [0.5, 0.6) is 0 Å². The molecular weight excluding hydrogens is 198 g/mol. The molecule has 0 aromatic heterocycles. The molecule has 1 saturated heterocycles. The van der Waals surface area contributed by atoms with Crippen molar-refractivity contribution in [1.82, 2.24) is 5.32 Å². The summed E-state index contributed by atoms with van der Waals surface area (Å²) in [4.78, 5) is 22.4. The van der Waals surface area contributed by atoms with E-state index in [9.17, 15) is 9.59 Å². The molecule has 1 fully saturated rings. The molecule has 2 unspecified atom stereocenters. The number of nitrogens with one attached hydrogen (secondary N) is 1. The first-order valence-electron chi connectivity index (χ1n) is 5.12. The van der Waals surface area contributed by atoms with Gasteiger partial charge >= 0.3 is 5.97 Å². The molecule has 0 aromatic carbocycles. The van der Waals surface area contributed by atoms with Gasteiger partial charge in [-0.2, -0.15) is 0 Å². The lowest BCUT2D eigenvalue weighted by atomic mass is 10.1. The summed E-state index contributed by atoms with van der Waals surface area (Å²) in [5, 5.41) is 2.56. The van der Waals surface area contributed by atoms with Gasteiger partial charge in [-0.15, -0.1) is 0 Å². The van der Waals surface area contributed by atoms with Crippen molar-refractivity contribution in [3.05, 3.63) is 0 Å². The molecule has 1 rings (SSSR count). The SMILES string of the molecule is COC(=O)C(C)NC(=O)CC1CCCO1. The van der Waals surface area contributed by atoms with Gasteiger partial charge < -0.3 is 14.8 Å². The molecule has 2 atom stereocenters. The molecule has 1 amide bonds. The van der Waals surface area contributed by atoms with Crippen molar-refractivity contribution in [1.29, 1.82) is 0 Å². The molecule has 1 aliphatic heterocycles. The molecule has 1 heterocycles. The van der Waals surface area contributed by atoms with Gasteiger partial charge in [0, 0.05) is 6.61 Å². The normalized spacial score (nSPS) is 22.1. The number of amides is 1. The van der Waals surface area contributed by atoms with Crippen LogP contribution in [-0.4, -0.2) is 37.7 Å². The number of ether oxygens (including phenoxy) is 2. The van der Waals surface area contributed by atoms with Crippen molar-refractivity contribution < 1.29 is 19.1 Å². The summed E-state index contributed by atoms with van der Waals surface area (Å²) < 4.78 is 9.81. The average Bonchev–Trinajstić information content (AvgIpc) is 2.68. The Balaban J connectivity index is 2.25. The number of hydrogen-bond acceptors (Lipinski definition) is 4. The number of carbonyl (C=O) groups excluding carboxylic acids is 2. The van der Waals surface area contributed by atoms with E-state index in [4.69, 9.17) is 4.74 Å². The molecule has 0 bridgehead atoms. The van der Waals surface area contributed by atoms with E-state index in [2.05, 4.69) is 10.1 Å². The molecule has 0 aliphatic carbocycles. The van der Waals surface area contributed by atoms with E-state index in [-0.39, 0.29) is 12.0 Å². The molecule has 5 heteroatoms. The Labute approximate surface area is 89.1 Å². The highest BCUT2D eigenvalue weighted by atomic mass is 16.5. The van der Waals surface area contributed by atoms with E-state index < -0.39 is 12.0 Å². The lowest BCUT2D eigenvalue weighted by molar-refractivity contribution is -0.144. The van der Waals surface area contributed by atoms with Gasteiger partial charge in [0.1, 0.15) is 6.04 Å². The Morgan fingerprint density at radius 1 is 1.60 bits per heavy atom. The van der Waals surface area contributed by atoms with Crippen molar-refractivity contribution in [2.75, 3.05) is 13.7 Å². The summed E-state index contributed by atoms with van der Waals surface area (Å²) in [6.07, 6.45) is 2.25. The van der Waals surface area contributed by atoms with E-state index in [1.807, 2.05) is 0 Å². The number of esters is 1. The van der Waals surface area contributed by atoms with Gasteiger partial charge in [-0.05, 0) is 19.8 Å². The van der Waals surface area contributed by atoms with E-state index >= 15 is 0 Å². The zero-order valence-electron chi connectivity index (χ0n) is 9.12. The minimum atomic E-state index is -0.594. The molecule has 0 spiro atoms. The first-order chi connectivity index (χ1) is 7.13. The molecule has 86 valence electrons. The van der Waals surface area contributed by atoms with Crippen LogP contribution >= 0.6 is 0 Å². The topological polar surface area (TPSA) is 64.6 Å². The van der Waals surface area contributed by atoms with Crippen molar-refractivity contribution in [2.45, 2.75) is 38.3 Å². The fraction of sp³-hybridized carbons (Fsp3) is 0.800. The van der Waals surface area contributed by atoms with Gasteiger partial charge in [-0.25, -0.2) is 4.79 Å². The molecule has 1 N–H and O–H groups in total. The summed E-state index contributed by atoms with van der Waals surface area (Å²) in [6.45, 7) is 2.32. The van der Waals surface area contributed by atoms with Crippen LogP contribution in [0.4, 0.5) is 0 Å². The molecule has 0 radical (unpaired) electrons. The maximum Gasteiger partial charge on any atom is 0.328 e. The third kappa shape index (κ3) is 3.87. The van der Waals surface area contributed by atoms with Crippen LogP contribution in [0.2, 0.25) is 0 Å². The van der Waals surface area contributed by atoms with E-state index in [0.717, 1.165) is 19.4 Å². The van der Waals surface area contributed by atoms with Crippen molar-refractivity contribution in [3.63, 3.8) is 0 Å². The number of rotatable bonds is 4. The molecule has 5 nitrogen and oxygen atoms in total. The zero-order chi connectivity index (χ0) is 11.3. The third-order valence-corrected chi connectivity index (χ3v) is 2.37. The minimum absolute atomic E-state index is 0.00912. The molecule has 1 aliphatic rings. The highest BCUT2D eigenvalue weighted by molar-refractivity contribution is 5.84. The fourth-order valence-corrected chi connectivity index (χ4v) is 1.55. The maximum atomic E-state index is 11.4. The molecule has 0 saturated carbocycles. The van der Waals surface area contributed by atoms with E-state index in [1.54, 1.807) is 6.92 Å². The number of methoxy groups -OCH3 is 1. The molecule has 0 aromatic rings. The summed E-state index contributed by atoms with van der Waals surface area (Å²) in [6, 6.07) is -0.594. The molecule has 15 heavy (non-hydrogen) atoms. The highest BCUT2D eigenvalue weighted by Crippen LogP contribution is 2.14. The lowest BCUT2D eigenvalue weighted by Crippen LogP contribution is -2.40. The summed E-state index contributed by atoms with van der Waals surface area (Å²) in [5.41, 5.74) is 0. The maximum absolute atomic E-state index is 11.4. The van der Waals surface area contributed by atoms with Crippen LogP contribution in [0.25, 0.3) is 0 Å². The van der Waals surface area contributed by atoms with Gasteiger partial charge in [0.25, 0.3) is 0 Å². The summed E-state index contributed by atoms with van der Waals surface area (Å²) >= 11 is 0. The Hall–Kier alpha value is -1.10. The predicted octanol–water partition coefficient (Wildman–Crippen LogP) is 0.233. The summed E-state index contributed by atoms with van der Waals surface area (Å²) in [7, 11) is 1.30. The van der Waals surface area contributed by atoms with Crippen LogP contribution in [0, 0.1) is 0 Å². The first-order valence-corrected chi connectivity index (χ1v) is 5.12. The van der Waals surface area contributed by atoms with Crippen molar-refractivity contribution in [3.8, 4) is 0 Å². The van der Waals surface area contributed by atoms with Gasteiger partial charge in [-0.1, -0.05) is 0 Å². The Morgan fingerprint density at radius 2 is 2.33 bits per heavy atom. The zero-order valence-corrected chi connectivity index (χ0v) is 9.12. The second kappa shape index (κ2) is 5.70. The first kappa shape index (κ1) is 12.0. The number of hydrogen-bond donors (Lipinski definition) is 1. The second-order valence-corrected chi connectivity index (χ2v) is 3.65. The van der Waals surface area contributed by atoms with Crippen molar-refractivity contribution >= 4 is 11.9 Å². The van der Waals surface area contributed by atoms with E-state index in [1.165, 1.54) is 7.11 Å². The fourth-order valence-electron chi connectivity index (χ4n) is 1.55. The van der Waals surface area contributed by atoms with Crippen LogP contribution in [-0.2, 0) is 19.1 Å². The van der Waals surface area contributed by atoms with Crippen LogP contribution in [0.1, 0.15) is 26.2 Å². The van der Waals surface area contributed by atoms with Crippen LogP contribution in [0.15, 0.2) is 0 Å². The van der Waals surface area contributed by atoms with E-state index in [0.29, 0.717) is 6.42 Å². The Kier molecular flexibility index (Phi) is 4.55. The largest absolute Gasteiger partial charge is 0.467 e. The third-order valence-electron chi connectivity index (χ3n) is 2.37. The molecular formula is C10H17NO4. The van der Waals surface area contributed by atoms with Gasteiger partial charge in [0.15, 0.2) is 0 Å².